The highest BCUT2D eigenvalue weighted by Gasteiger charge is 2.24. The number of hydrogen-bond donors (Lipinski definition) is 2. The second-order valence-corrected chi connectivity index (χ2v) is 7.32. The first-order valence-electron chi connectivity index (χ1n) is 8.43. The van der Waals surface area contributed by atoms with Gasteiger partial charge in [-0.1, -0.05) is 18.6 Å². The molecule has 3 N–H and O–H groups in total. The van der Waals surface area contributed by atoms with Gasteiger partial charge in [-0.2, -0.15) is 0 Å². The Balaban J connectivity index is 1.84. The highest BCUT2D eigenvalue weighted by molar-refractivity contribution is 7.17. The number of carbonyl (C=O) groups excluding carboxylic acids is 2. The van der Waals surface area contributed by atoms with E-state index in [0.29, 0.717) is 22.7 Å². The molecule has 2 aromatic rings. The third-order valence-electron chi connectivity index (χ3n) is 4.42. The Kier molecular flexibility index (Phi) is 5.50. The number of anilines is 1. The van der Waals surface area contributed by atoms with E-state index < -0.39 is 5.91 Å². The van der Waals surface area contributed by atoms with Crippen molar-refractivity contribution in [1.82, 2.24) is 0 Å². The summed E-state index contributed by atoms with van der Waals surface area (Å²) in [5.41, 5.74) is 8.66. The number of ether oxygens (including phenoxy) is 1. The third kappa shape index (κ3) is 3.91. The van der Waals surface area contributed by atoms with Gasteiger partial charge in [0.2, 0.25) is 0 Å². The molecule has 1 heterocycles. The van der Waals surface area contributed by atoms with Crippen molar-refractivity contribution in [2.24, 2.45) is 5.73 Å². The Hall–Kier alpha value is -2.18. The molecular formula is C19H22N2O3S. The Morgan fingerprint density at radius 2 is 1.88 bits per heavy atom. The smallest absolute Gasteiger partial charge is 0.256 e. The Bertz CT molecular complexity index is 781. The number of benzene rings is 1. The van der Waals surface area contributed by atoms with E-state index in [-0.39, 0.29) is 5.91 Å². The Labute approximate surface area is 151 Å². The average molecular weight is 358 g/mol. The van der Waals surface area contributed by atoms with E-state index in [4.69, 9.17) is 10.5 Å². The molecule has 0 fully saturated rings. The van der Waals surface area contributed by atoms with Gasteiger partial charge in [0.15, 0.2) is 0 Å². The molecule has 1 aliphatic rings. The van der Waals surface area contributed by atoms with Crippen LogP contribution in [0.15, 0.2) is 24.3 Å². The first kappa shape index (κ1) is 17.6. The maximum Gasteiger partial charge on any atom is 0.256 e. The number of hydrogen-bond acceptors (Lipinski definition) is 4. The van der Waals surface area contributed by atoms with Gasteiger partial charge < -0.3 is 15.8 Å². The second-order valence-electron chi connectivity index (χ2n) is 6.22. The van der Waals surface area contributed by atoms with Gasteiger partial charge in [0.05, 0.1) is 12.2 Å². The van der Waals surface area contributed by atoms with E-state index in [2.05, 4.69) is 5.32 Å². The molecule has 2 amide bonds. The Morgan fingerprint density at radius 3 is 2.56 bits per heavy atom. The van der Waals surface area contributed by atoms with Crippen LogP contribution in [0, 0.1) is 0 Å². The van der Waals surface area contributed by atoms with Crippen LogP contribution in [0.2, 0.25) is 0 Å². The van der Waals surface area contributed by atoms with Crippen LogP contribution in [0.25, 0.3) is 0 Å². The van der Waals surface area contributed by atoms with E-state index in [0.717, 1.165) is 43.2 Å². The van der Waals surface area contributed by atoms with E-state index in [1.807, 2.05) is 12.1 Å². The zero-order chi connectivity index (χ0) is 17.8. The van der Waals surface area contributed by atoms with E-state index >= 15 is 0 Å². The van der Waals surface area contributed by atoms with Gasteiger partial charge in [-0.25, -0.2) is 0 Å². The van der Waals surface area contributed by atoms with Gasteiger partial charge in [-0.15, -0.1) is 11.3 Å². The zero-order valence-corrected chi connectivity index (χ0v) is 15.1. The topological polar surface area (TPSA) is 81.4 Å². The molecule has 25 heavy (non-hydrogen) atoms. The fraction of sp³-hybridized carbons (Fsp3) is 0.368. The SMILES string of the molecule is COCc1ccc(C(=O)Nc2sc3c(c2C(N)=O)CCCCC3)cc1. The number of nitrogens with one attached hydrogen (secondary N) is 1. The summed E-state index contributed by atoms with van der Waals surface area (Å²) in [4.78, 5) is 25.7. The standard InChI is InChI=1S/C19H22N2O3S/c1-24-11-12-7-9-13(10-8-12)18(23)21-19-16(17(20)22)14-5-3-2-4-6-15(14)25-19/h7-10H,2-6,11H2,1H3,(H2,20,22)(H,21,23). The first-order chi connectivity index (χ1) is 12.1. The fourth-order valence-electron chi connectivity index (χ4n) is 3.19. The molecule has 0 atom stereocenters. The molecule has 0 saturated heterocycles. The zero-order valence-electron chi connectivity index (χ0n) is 14.3. The minimum absolute atomic E-state index is 0.233. The molecule has 0 bridgehead atoms. The van der Waals surface area contributed by atoms with E-state index in [1.54, 1.807) is 19.2 Å². The summed E-state index contributed by atoms with van der Waals surface area (Å²) in [6.45, 7) is 0.505. The Morgan fingerprint density at radius 1 is 1.16 bits per heavy atom. The number of fused-ring (bicyclic) bond motifs is 1. The molecule has 132 valence electrons. The summed E-state index contributed by atoms with van der Waals surface area (Å²) in [5.74, 6) is -0.701. The quantitative estimate of drug-likeness (QED) is 0.803. The van der Waals surface area contributed by atoms with Crippen molar-refractivity contribution in [3.63, 3.8) is 0 Å². The van der Waals surface area contributed by atoms with Crippen LogP contribution in [-0.2, 0) is 24.2 Å². The number of rotatable bonds is 5. The predicted molar refractivity (Wildman–Crippen MR) is 99.2 cm³/mol. The van der Waals surface area contributed by atoms with Crippen LogP contribution in [0.5, 0.6) is 0 Å². The number of aryl methyl sites for hydroxylation is 1. The number of primary amides is 1. The lowest BCUT2D eigenvalue weighted by Crippen LogP contribution is -2.18. The van der Waals surface area contributed by atoms with Gasteiger partial charge in [0.1, 0.15) is 5.00 Å². The lowest BCUT2D eigenvalue weighted by atomic mass is 10.0. The van der Waals surface area contributed by atoms with Crippen molar-refractivity contribution < 1.29 is 14.3 Å². The van der Waals surface area contributed by atoms with Crippen molar-refractivity contribution in [2.75, 3.05) is 12.4 Å². The first-order valence-corrected chi connectivity index (χ1v) is 9.25. The summed E-state index contributed by atoms with van der Waals surface area (Å²) >= 11 is 1.49. The number of amides is 2. The molecule has 0 spiro atoms. The number of carbonyl (C=O) groups is 2. The monoisotopic (exact) mass is 358 g/mol. The van der Waals surface area contributed by atoms with Gasteiger partial charge in [-0.05, 0) is 48.9 Å². The van der Waals surface area contributed by atoms with Crippen molar-refractivity contribution >= 4 is 28.2 Å². The second kappa shape index (κ2) is 7.80. The van der Waals surface area contributed by atoms with Gasteiger partial charge in [-0.3, -0.25) is 9.59 Å². The largest absolute Gasteiger partial charge is 0.380 e. The molecule has 5 nitrogen and oxygen atoms in total. The third-order valence-corrected chi connectivity index (χ3v) is 5.63. The molecule has 0 radical (unpaired) electrons. The summed E-state index contributed by atoms with van der Waals surface area (Å²) < 4.78 is 5.07. The normalized spacial score (nSPS) is 13.8. The summed E-state index contributed by atoms with van der Waals surface area (Å²) in [5, 5.41) is 3.46. The highest BCUT2D eigenvalue weighted by atomic mass is 32.1. The summed E-state index contributed by atoms with van der Waals surface area (Å²) in [7, 11) is 1.63. The lowest BCUT2D eigenvalue weighted by Gasteiger charge is -2.07. The molecule has 0 saturated carbocycles. The number of nitrogens with two attached hydrogens (primary N) is 1. The lowest BCUT2D eigenvalue weighted by molar-refractivity contribution is 0.100. The minimum Gasteiger partial charge on any atom is -0.380 e. The molecule has 6 heteroatoms. The van der Waals surface area contributed by atoms with Crippen molar-refractivity contribution in [1.29, 1.82) is 0 Å². The molecule has 1 aromatic heterocycles. The average Bonchev–Trinajstić information content (AvgIpc) is 2.77. The van der Waals surface area contributed by atoms with E-state index in [9.17, 15) is 9.59 Å². The van der Waals surface area contributed by atoms with E-state index in [1.165, 1.54) is 16.2 Å². The van der Waals surface area contributed by atoms with Crippen LogP contribution >= 0.6 is 11.3 Å². The minimum atomic E-state index is -0.467. The molecule has 1 aliphatic carbocycles. The van der Waals surface area contributed by atoms with Crippen LogP contribution in [0.1, 0.15) is 56.0 Å². The molecule has 3 rings (SSSR count). The highest BCUT2D eigenvalue weighted by Crippen LogP contribution is 2.37. The van der Waals surface area contributed by atoms with Crippen LogP contribution in [0.3, 0.4) is 0 Å². The van der Waals surface area contributed by atoms with Crippen LogP contribution in [-0.4, -0.2) is 18.9 Å². The van der Waals surface area contributed by atoms with Gasteiger partial charge >= 0.3 is 0 Å². The number of methoxy groups -OCH3 is 1. The number of thiophene rings is 1. The predicted octanol–water partition coefficient (Wildman–Crippen LogP) is 3.51. The maximum atomic E-state index is 12.6. The maximum absolute atomic E-state index is 12.6. The molecule has 0 aliphatic heterocycles. The van der Waals surface area contributed by atoms with Gasteiger partial charge in [0, 0.05) is 17.6 Å². The van der Waals surface area contributed by atoms with Crippen molar-refractivity contribution in [2.45, 2.75) is 38.7 Å². The van der Waals surface area contributed by atoms with Crippen LogP contribution in [0.4, 0.5) is 5.00 Å². The van der Waals surface area contributed by atoms with Gasteiger partial charge in [0.25, 0.3) is 11.8 Å². The summed E-state index contributed by atoms with van der Waals surface area (Å²) in [6.07, 6.45) is 5.13. The molecular weight excluding hydrogens is 336 g/mol. The van der Waals surface area contributed by atoms with Crippen molar-refractivity contribution in [3.05, 3.63) is 51.4 Å². The van der Waals surface area contributed by atoms with Crippen LogP contribution < -0.4 is 11.1 Å². The molecule has 0 unspecified atom stereocenters. The fourth-order valence-corrected chi connectivity index (χ4v) is 4.48. The van der Waals surface area contributed by atoms with Crippen molar-refractivity contribution in [3.8, 4) is 0 Å². The molecule has 1 aromatic carbocycles. The summed E-state index contributed by atoms with van der Waals surface area (Å²) in [6, 6.07) is 7.23.